The molecule has 12 heavy (non-hydrogen) atoms. The molecule has 2 unspecified atom stereocenters. The summed E-state index contributed by atoms with van der Waals surface area (Å²) in [6.07, 6.45) is -1.10. The average Bonchev–Trinajstić information content (AvgIpc) is 2.01. The molecule has 0 amide bonds. The summed E-state index contributed by atoms with van der Waals surface area (Å²) in [5, 5.41) is 17.6. The summed E-state index contributed by atoms with van der Waals surface area (Å²) in [4.78, 5) is 20.9. The van der Waals surface area contributed by atoms with E-state index in [1.807, 2.05) is 0 Å². The van der Waals surface area contributed by atoms with Crippen molar-refractivity contribution in [3.8, 4) is 0 Å². The van der Waals surface area contributed by atoms with Crippen molar-refractivity contribution in [2.75, 3.05) is 6.61 Å². The molecule has 5 heteroatoms. The van der Waals surface area contributed by atoms with Crippen LogP contribution >= 0.6 is 0 Å². The first-order valence-corrected chi connectivity index (χ1v) is 3.41. The molecule has 0 aliphatic heterocycles. The lowest BCUT2D eigenvalue weighted by Gasteiger charge is -2.26. The zero-order chi connectivity index (χ0) is 9.78. The predicted molar refractivity (Wildman–Crippen MR) is 39.3 cm³/mol. The molecule has 0 bridgehead atoms. The lowest BCUT2D eigenvalue weighted by molar-refractivity contribution is -0.172. The van der Waals surface area contributed by atoms with Gasteiger partial charge in [-0.05, 0) is 6.92 Å². The predicted octanol–water partition coefficient (Wildman–Crippen LogP) is -1.14. The van der Waals surface area contributed by atoms with Crippen LogP contribution in [0.5, 0.6) is 0 Å². The van der Waals surface area contributed by atoms with Crippen LogP contribution in [0.3, 0.4) is 0 Å². The number of ether oxygens (including phenoxy) is 1. The Balaban J connectivity index is 4.43. The number of aliphatic hydroxyl groups excluding tert-OH is 2. The van der Waals surface area contributed by atoms with Crippen LogP contribution in [0.4, 0.5) is 0 Å². The van der Waals surface area contributed by atoms with Crippen molar-refractivity contribution in [2.45, 2.75) is 25.6 Å². The van der Waals surface area contributed by atoms with Crippen LogP contribution in [-0.2, 0) is 14.3 Å². The molecule has 2 atom stereocenters. The highest BCUT2D eigenvalue weighted by molar-refractivity contribution is 5.73. The molecule has 0 spiro atoms. The highest BCUT2D eigenvalue weighted by atomic mass is 16.6. The molecule has 0 heterocycles. The maximum Gasteiger partial charge on any atom is 0.303 e. The number of hydrogen-bond donors (Lipinski definition) is 2. The van der Waals surface area contributed by atoms with Crippen molar-refractivity contribution in [1.82, 2.24) is 0 Å². The monoisotopic (exact) mass is 176 g/mol. The SMILES string of the molecule is CC(=O)OC(C)(C=O)C(O)CO. The van der Waals surface area contributed by atoms with E-state index in [4.69, 9.17) is 10.2 Å². The van der Waals surface area contributed by atoms with E-state index in [1.165, 1.54) is 6.92 Å². The zero-order valence-electron chi connectivity index (χ0n) is 6.98. The number of carbonyl (C=O) groups is 2. The van der Waals surface area contributed by atoms with Gasteiger partial charge in [-0.3, -0.25) is 9.59 Å². The van der Waals surface area contributed by atoms with Gasteiger partial charge in [-0.1, -0.05) is 0 Å². The Hall–Kier alpha value is -0.940. The van der Waals surface area contributed by atoms with Crippen LogP contribution in [-0.4, -0.2) is 40.8 Å². The second-order valence-electron chi connectivity index (χ2n) is 2.59. The van der Waals surface area contributed by atoms with E-state index in [0.717, 1.165) is 6.92 Å². The zero-order valence-corrected chi connectivity index (χ0v) is 6.98. The lowest BCUT2D eigenvalue weighted by Crippen LogP contribution is -2.46. The molecular weight excluding hydrogens is 164 g/mol. The third kappa shape index (κ3) is 2.60. The van der Waals surface area contributed by atoms with Gasteiger partial charge in [0.1, 0.15) is 6.10 Å². The van der Waals surface area contributed by atoms with Gasteiger partial charge in [0.15, 0.2) is 11.9 Å². The van der Waals surface area contributed by atoms with Gasteiger partial charge in [0.2, 0.25) is 0 Å². The molecule has 0 saturated carbocycles. The van der Waals surface area contributed by atoms with E-state index < -0.39 is 24.3 Å². The van der Waals surface area contributed by atoms with Crippen molar-refractivity contribution < 1.29 is 24.5 Å². The first-order valence-electron chi connectivity index (χ1n) is 3.41. The normalized spacial score (nSPS) is 17.7. The molecule has 0 aromatic heterocycles. The van der Waals surface area contributed by atoms with Crippen molar-refractivity contribution in [2.24, 2.45) is 0 Å². The average molecular weight is 176 g/mol. The van der Waals surface area contributed by atoms with E-state index in [1.54, 1.807) is 0 Å². The molecule has 0 aromatic rings. The molecule has 0 aromatic carbocycles. The third-order valence-electron chi connectivity index (χ3n) is 1.43. The van der Waals surface area contributed by atoms with Crippen LogP contribution in [0.2, 0.25) is 0 Å². The van der Waals surface area contributed by atoms with Crippen LogP contribution in [0.15, 0.2) is 0 Å². The number of aliphatic hydroxyl groups is 2. The van der Waals surface area contributed by atoms with Gasteiger partial charge < -0.3 is 14.9 Å². The first kappa shape index (κ1) is 11.1. The Morgan fingerprint density at radius 3 is 2.50 bits per heavy atom. The molecule has 0 fully saturated rings. The van der Waals surface area contributed by atoms with E-state index in [0.29, 0.717) is 0 Å². The lowest BCUT2D eigenvalue weighted by atomic mass is 10.0. The van der Waals surface area contributed by atoms with E-state index in [-0.39, 0.29) is 6.29 Å². The van der Waals surface area contributed by atoms with Crippen LogP contribution < -0.4 is 0 Å². The van der Waals surface area contributed by atoms with Gasteiger partial charge in [-0.25, -0.2) is 0 Å². The summed E-state index contributed by atoms with van der Waals surface area (Å²) < 4.78 is 4.52. The molecular formula is C7H12O5. The smallest absolute Gasteiger partial charge is 0.303 e. The third-order valence-corrected chi connectivity index (χ3v) is 1.43. The molecule has 70 valence electrons. The second-order valence-corrected chi connectivity index (χ2v) is 2.59. The summed E-state index contributed by atoms with van der Waals surface area (Å²) in [5.41, 5.74) is -1.65. The summed E-state index contributed by atoms with van der Waals surface area (Å²) in [7, 11) is 0. The number of esters is 1. The standard InChI is InChI=1S/C7H12O5/c1-5(10)12-7(2,4-9)6(11)3-8/h4,6,8,11H,3H2,1-2H3. The Bertz CT molecular complexity index is 179. The van der Waals surface area contributed by atoms with Gasteiger partial charge >= 0.3 is 5.97 Å². The fourth-order valence-electron chi connectivity index (χ4n) is 0.662. The summed E-state index contributed by atoms with van der Waals surface area (Å²) in [5.74, 6) is -0.683. The Kier molecular flexibility index (Phi) is 3.85. The fourth-order valence-corrected chi connectivity index (χ4v) is 0.662. The molecule has 0 aliphatic carbocycles. The number of carbonyl (C=O) groups excluding carboxylic acids is 2. The van der Waals surface area contributed by atoms with Gasteiger partial charge in [-0.2, -0.15) is 0 Å². The van der Waals surface area contributed by atoms with Gasteiger partial charge in [0, 0.05) is 6.92 Å². The quantitative estimate of drug-likeness (QED) is 0.418. The van der Waals surface area contributed by atoms with E-state index >= 15 is 0 Å². The summed E-state index contributed by atoms with van der Waals surface area (Å²) >= 11 is 0. The summed E-state index contributed by atoms with van der Waals surface area (Å²) in [6.45, 7) is 1.71. The van der Waals surface area contributed by atoms with Crippen molar-refractivity contribution >= 4 is 12.3 Å². The molecule has 0 aliphatic rings. The van der Waals surface area contributed by atoms with Gasteiger partial charge in [0.25, 0.3) is 0 Å². The maximum atomic E-state index is 10.5. The fraction of sp³-hybridized carbons (Fsp3) is 0.714. The molecule has 0 saturated heterocycles. The number of hydrogen-bond acceptors (Lipinski definition) is 5. The van der Waals surface area contributed by atoms with Gasteiger partial charge in [-0.15, -0.1) is 0 Å². The minimum absolute atomic E-state index is 0.287. The van der Waals surface area contributed by atoms with Crippen LogP contribution in [0.1, 0.15) is 13.8 Å². The molecule has 0 radical (unpaired) electrons. The minimum Gasteiger partial charge on any atom is -0.449 e. The largest absolute Gasteiger partial charge is 0.449 e. The second kappa shape index (κ2) is 4.18. The highest BCUT2D eigenvalue weighted by Gasteiger charge is 2.35. The van der Waals surface area contributed by atoms with Crippen molar-refractivity contribution in [3.63, 3.8) is 0 Å². The van der Waals surface area contributed by atoms with Crippen molar-refractivity contribution in [3.05, 3.63) is 0 Å². The van der Waals surface area contributed by atoms with Crippen LogP contribution in [0, 0.1) is 0 Å². The number of rotatable bonds is 4. The minimum atomic E-state index is -1.65. The summed E-state index contributed by atoms with van der Waals surface area (Å²) in [6, 6.07) is 0. The molecule has 2 N–H and O–H groups in total. The first-order chi connectivity index (χ1) is 5.46. The Labute approximate surface area is 70.0 Å². The van der Waals surface area contributed by atoms with Crippen LogP contribution in [0.25, 0.3) is 0 Å². The van der Waals surface area contributed by atoms with Gasteiger partial charge in [0.05, 0.1) is 6.61 Å². The maximum absolute atomic E-state index is 10.5. The molecule has 5 nitrogen and oxygen atoms in total. The Morgan fingerprint density at radius 1 is 1.75 bits per heavy atom. The van der Waals surface area contributed by atoms with E-state index in [2.05, 4.69) is 4.74 Å². The van der Waals surface area contributed by atoms with E-state index in [9.17, 15) is 9.59 Å². The number of aldehydes is 1. The molecule has 0 rings (SSSR count). The Morgan fingerprint density at radius 2 is 2.25 bits per heavy atom. The topological polar surface area (TPSA) is 83.8 Å². The highest BCUT2D eigenvalue weighted by Crippen LogP contribution is 2.12. The van der Waals surface area contributed by atoms with Crippen molar-refractivity contribution in [1.29, 1.82) is 0 Å².